The zero-order valence-electron chi connectivity index (χ0n) is 11.3. The van der Waals surface area contributed by atoms with Gasteiger partial charge in [-0.25, -0.2) is 19.6 Å². The van der Waals surface area contributed by atoms with Crippen LogP contribution in [0.15, 0.2) is 23.1 Å². The number of carbonyl (C=O) groups is 2. The van der Waals surface area contributed by atoms with Gasteiger partial charge in [0, 0.05) is 18.3 Å². The Morgan fingerprint density at radius 1 is 1.48 bits per heavy atom. The molecule has 0 saturated carbocycles. The van der Waals surface area contributed by atoms with Gasteiger partial charge in [0.25, 0.3) is 0 Å². The highest BCUT2D eigenvalue weighted by molar-refractivity contribution is 5.82. The number of carbonyl (C=O) groups excluding carboxylic acids is 1. The van der Waals surface area contributed by atoms with Crippen LogP contribution in [0.5, 0.6) is 0 Å². The van der Waals surface area contributed by atoms with Crippen molar-refractivity contribution in [2.45, 2.75) is 25.9 Å². The molecule has 2 aromatic rings. The predicted molar refractivity (Wildman–Crippen MR) is 70.3 cm³/mol. The third kappa shape index (κ3) is 4.34. The Balaban J connectivity index is 1.84. The van der Waals surface area contributed by atoms with E-state index in [1.54, 1.807) is 6.92 Å². The average molecular weight is 293 g/mol. The molecule has 1 atom stereocenters. The third-order valence-corrected chi connectivity index (χ3v) is 2.65. The summed E-state index contributed by atoms with van der Waals surface area (Å²) in [5.41, 5.74) is 0.617. The van der Waals surface area contributed by atoms with Crippen molar-refractivity contribution in [1.82, 2.24) is 25.6 Å². The smallest absolute Gasteiger partial charge is 0.326 e. The van der Waals surface area contributed by atoms with Crippen LogP contribution in [0, 0.1) is 6.92 Å². The number of rotatable bonds is 6. The third-order valence-electron chi connectivity index (χ3n) is 2.65. The Morgan fingerprint density at radius 3 is 2.86 bits per heavy atom. The molecule has 0 unspecified atom stereocenters. The van der Waals surface area contributed by atoms with Crippen LogP contribution in [0.1, 0.15) is 17.3 Å². The normalized spacial score (nSPS) is 11.9. The van der Waals surface area contributed by atoms with Crippen molar-refractivity contribution in [2.24, 2.45) is 0 Å². The number of aromatic amines is 1. The quantitative estimate of drug-likeness (QED) is 0.601. The summed E-state index contributed by atoms with van der Waals surface area (Å²) in [5, 5.41) is 13.9. The van der Waals surface area contributed by atoms with Crippen molar-refractivity contribution in [1.29, 1.82) is 0 Å². The fourth-order valence-electron chi connectivity index (χ4n) is 1.66. The highest BCUT2D eigenvalue weighted by Gasteiger charge is 2.21. The van der Waals surface area contributed by atoms with Crippen LogP contribution >= 0.6 is 0 Å². The zero-order chi connectivity index (χ0) is 15.2. The Kier molecular flexibility index (Phi) is 4.54. The molecule has 0 aliphatic carbocycles. The summed E-state index contributed by atoms with van der Waals surface area (Å²) in [7, 11) is 0. The first-order chi connectivity index (χ1) is 10.0. The maximum absolute atomic E-state index is 11.7. The summed E-state index contributed by atoms with van der Waals surface area (Å²) in [5.74, 6) is -0.148. The molecular weight excluding hydrogens is 278 g/mol. The van der Waals surface area contributed by atoms with E-state index < -0.39 is 18.0 Å². The van der Waals surface area contributed by atoms with Gasteiger partial charge >= 0.3 is 12.0 Å². The topological polar surface area (TPSA) is 133 Å². The van der Waals surface area contributed by atoms with Crippen LogP contribution in [0.2, 0.25) is 0 Å². The summed E-state index contributed by atoms with van der Waals surface area (Å²) in [6, 6.07) is -1.67. The van der Waals surface area contributed by atoms with E-state index in [0.29, 0.717) is 17.3 Å². The lowest BCUT2D eigenvalue weighted by Gasteiger charge is -2.13. The molecule has 112 valence electrons. The number of nitrogens with one attached hydrogen (secondary N) is 3. The van der Waals surface area contributed by atoms with Crippen molar-refractivity contribution < 1.29 is 19.1 Å². The number of aromatic nitrogens is 3. The van der Waals surface area contributed by atoms with Gasteiger partial charge in [-0.2, -0.15) is 0 Å². The summed E-state index contributed by atoms with van der Waals surface area (Å²) >= 11 is 0. The predicted octanol–water partition coefficient (Wildman–Crippen LogP) is 0.201. The zero-order valence-corrected chi connectivity index (χ0v) is 11.3. The van der Waals surface area contributed by atoms with Gasteiger partial charge in [-0.3, -0.25) is 0 Å². The van der Waals surface area contributed by atoms with E-state index in [1.807, 2.05) is 0 Å². The van der Waals surface area contributed by atoms with Crippen LogP contribution in [0.3, 0.4) is 0 Å². The molecule has 9 nitrogen and oxygen atoms in total. The minimum absolute atomic E-state index is 0.0794. The van der Waals surface area contributed by atoms with Crippen LogP contribution in [-0.2, 0) is 17.8 Å². The first-order valence-electron chi connectivity index (χ1n) is 6.20. The van der Waals surface area contributed by atoms with E-state index in [0.717, 1.165) is 0 Å². The number of urea groups is 1. The van der Waals surface area contributed by atoms with E-state index in [9.17, 15) is 9.59 Å². The molecule has 4 N–H and O–H groups in total. The van der Waals surface area contributed by atoms with Crippen LogP contribution in [-0.4, -0.2) is 38.1 Å². The SMILES string of the molecule is Cc1cnc(CNC(=O)N[C@@H](Cc2cnc[nH]2)C(=O)O)o1. The van der Waals surface area contributed by atoms with Crippen LogP contribution in [0.4, 0.5) is 4.79 Å². The molecule has 21 heavy (non-hydrogen) atoms. The number of imidazole rings is 1. The maximum atomic E-state index is 11.7. The van der Waals surface area contributed by atoms with Gasteiger partial charge in [-0.15, -0.1) is 0 Å². The number of amides is 2. The number of oxazole rings is 1. The molecule has 9 heteroatoms. The summed E-state index contributed by atoms with van der Waals surface area (Å²) in [4.78, 5) is 33.3. The number of hydrogen-bond donors (Lipinski definition) is 4. The molecule has 0 aliphatic rings. The van der Waals surface area contributed by atoms with Gasteiger partial charge in [-0.1, -0.05) is 0 Å². The Bertz CT molecular complexity index is 607. The molecule has 0 fully saturated rings. The lowest BCUT2D eigenvalue weighted by atomic mass is 10.2. The van der Waals surface area contributed by atoms with Gasteiger partial charge in [0.2, 0.25) is 5.89 Å². The van der Waals surface area contributed by atoms with E-state index >= 15 is 0 Å². The summed E-state index contributed by atoms with van der Waals surface area (Å²) in [6.07, 6.45) is 4.60. The lowest BCUT2D eigenvalue weighted by molar-refractivity contribution is -0.139. The largest absolute Gasteiger partial charge is 0.480 e. The number of carboxylic acids is 1. The van der Waals surface area contributed by atoms with E-state index in [1.165, 1.54) is 18.7 Å². The molecule has 0 aromatic carbocycles. The fraction of sp³-hybridized carbons (Fsp3) is 0.333. The fourth-order valence-corrected chi connectivity index (χ4v) is 1.66. The number of H-pyrrole nitrogens is 1. The molecule has 0 saturated heterocycles. The number of carboxylic acid groups (broad SMARTS) is 1. The van der Waals surface area contributed by atoms with Gasteiger partial charge in [-0.05, 0) is 6.92 Å². The van der Waals surface area contributed by atoms with E-state index in [4.69, 9.17) is 9.52 Å². The number of nitrogens with zero attached hydrogens (tertiary/aromatic N) is 2. The Labute approximate surface area is 119 Å². The summed E-state index contributed by atoms with van der Waals surface area (Å²) in [6.45, 7) is 1.82. The molecule has 2 rings (SSSR count). The molecular formula is C12H15N5O4. The molecule has 2 amide bonds. The second-order valence-corrected chi connectivity index (χ2v) is 4.36. The highest BCUT2D eigenvalue weighted by Crippen LogP contribution is 2.01. The standard InChI is InChI=1S/C12H15N5O4/c1-7-3-14-10(21-7)5-15-12(20)17-9(11(18)19)2-8-4-13-6-16-8/h3-4,6,9H,2,5H2,1H3,(H,13,16)(H,18,19)(H2,15,17,20)/t9-/m0/s1. The van der Waals surface area contributed by atoms with E-state index in [2.05, 4.69) is 25.6 Å². The minimum Gasteiger partial charge on any atom is -0.480 e. The monoisotopic (exact) mass is 293 g/mol. The van der Waals surface area contributed by atoms with Crippen LogP contribution in [0.25, 0.3) is 0 Å². The van der Waals surface area contributed by atoms with Crippen molar-refractivity contribution in [3.8, 4) is 0 Å². The molecule has 0 radical (unpaired) electrons. The van der Waals surface area contributed by atoms with Gasteiger partial charge in [0.15, 0.2) is 0 Å². The molecule has 0 spiro atoms. The lowest BCUT2D eigenvalue weighted by Crippen LogP contribution is -2.47. The van der Waals surface area contributed by atoms with Gasteiger partial charge in [0.1, 0.15) is 11.8 Å². The Morgan fingerprint density at radius 2 is 2.29 bits per heavy atom. The molecule has 0 bridgehead atoms. The first-order valence-corrected chi connectivity index (χ1v) is 6.20. The number of aryl methyl sites for hydroxylation is 1. The first kappa shape index (κ1) is 14.6. The van der Waals surface area contributed by atoms with Gasteiger partial charge in [0.05, 0.1) is 19.1 Å². The molecule has 2 aromatic heterocycles. The van der Waals surface area contributed by atoms with Crippen LogP contribution < -0.4 is 10.6 Å². The minimum atomic E-state index is -1.13. The average Bonchev–Trinajstić information content (AvgIpc) is 3.07. The van der Waals surface area contributed by atoms with Crippen molar-refractivity contribution >= 4 is 12.0 Å². The highest BCUT2D eigenvalue weighted by atomic mass is 16.4. The van der Waals surface area contributed by atoms with Crippen molar-refractivity contribution in [3.63, 3.8) is 0 Å². The van der Waals surface area contributed by atoms with Crippen molar-refractivity contribution in [2.75, 3.05) is 0 Å². The Hall–Kier alpha value is -2.84. The van der Waals surface area contributed by atoms with Crippen molar-refractivity contribution in [3.05, 3.63) is 36.1 Å². The maximum Gasteiger partial charge on any atom is 0.326 e. The summed E-state index contributed by atoms with van der Waals surface area (Å²) < 4.78 is 5.19. The second kappa shape index (κ2) is 6.55. The number of aliphatic carboxylic acids is 1. The van der Waals surface area contributed by atoms with Gasteiger partial charge < -0.3 is 25.1 Å². The molecule has 0 aliphatic heterocycles. The molecule has 2 heterocycles. The second-order valence-electron chi connectivity index (χ2n) is 4.36. The number of hydrogen-bond acceptors (Lipinski definition) is 5. The van der Waals surface area contributed by atoms with E-state index in [-0.39, 0.29) is 13.0 Å².